The number of fused-ring (bicyclic) bond motifs is 1. The predicted molar refractivity (Wildman–Crippen MR) is 117 cm³/mol. The Balaban J connectivity index is 1.83. The van der Waals surface area contributed by atoms with Crippen molar-refractivity contribution in [3.05, 3.63) is 12.2 Å². The largest absolute Gasteiger partial charge is 0.463 e. The van der Waals surface area contributed by atoms with Gasteiger partial charge in [0.25, 0.3) is 0 Å². The van der Waals surface area contributed by atoms with Gasteiger partial charge in [-0.15, -0.1) is 11.8 Å². The van der Waals surface area contributed by atoms with E-state index in [1.165, 1.54) is 0 Å². The van der Waals surface area contributed by atoms with Crippen molar-refractivity contribution >= 4 is 17.7 Å². The van der Waals surface area contributed by atoms with Crippen LogP contribution in [0.5, 0.6) is 0 Å². The molecule has 5 unspecified atom stereocenters. The molecule has 0 amide bonds. The molecule has 0 spiro atoms. The van der Waals surface area contributed by atoms with E-state index < -0.39 is 59.9 Å². The van der Waals surface area contributed by atoms with E-state index in [1.807, 2.05) is 13.0 Å². The number of rotatable bonds is 3. The minimum Gasteiger partial charge on any atom is -0.463 e. The average molecular weight is 477 g/mol. The molecule has 3 rings (SSSR count). The van der Waals surface area contributed by atoms with Gasteiger partial charge < -0.3 is 40.1 Å². The number of hydrogen-bond acceptors (Lipinski definition) is 10. The summed E-state index contributed by atoms with van der Waals surface area (Å²) < 4.78 is 11.1. The first-order chi connectivity index (χ1) is 15.2. The van der Waals surface area contributed by atoms with Crippen molar-refractivity contribution in [2.75, 3.05) is 6.61 Å². The smallest absolute Gasteiger partial charge is 0.307 e. The molecule has 9 nitrogen and oxygen atoms in total. The van der Waals surface area contributed by atoms with Crippen LogP contribution in [0, 0.1) is 11.8 Å². The Morgan fingerprint density at radius 3 is 2.53 bits per heavy atom. The van der Waals surface area contributed by atoms with Crippen LogP contribution in [0.15, 0.2) is 12.2 Å². The van der Waals surface area contributed by atoms with Gasteiger partial charge in [-0.05, 0) is 50.9 Å². The average Bonchev–Trinajstić information content (AvgIpc) is 3.12. The summed E-state index contributed by atoms with van der Waals surface area (Å²) >= 11 is 0.983. The summed E-state index contributed by atoms with van der Waals surface area (Å²) in [5.74, 6) is -0.831. The second kappa shape index (κ2) is 11.6. The molecule has 0 aromatic rings. The van der Waals surface area contributed by atoms with Gasteiger partial charge in [-0.2, -0.15) is 0 Å². The summed E-state index contributed by atoms with van der Waals surface area (Å²) in [5.41, 5.74) is -1.08. The Morgan fingerprint density at radius 1 is 1.06 bits per heavy atom. The quantitative estimate of drug-likeness (QED) is 0.236. The van der Waals surface area contributed by atoms with Crippen molar-refractivity contribution in [2.24, 2.45) is 11.8 Å². The lowest BCUT2D eigenvalue weighted by molar-refractivity contribution is -0.205. The predicted octanol–water partition coefficient (Wildman–Crippen LogP) is -0.302. The van der Waals surface area contributed by atoms with E-state index in [-0.39, 0.29) is 24.4 Å². The van der Waals surface area contributed by atoms with Crippen molar-refractivity contribution in [3.8, 4) is 0 Å². The maximum atomic E-state index is 12.6. The van der Waals surface area contributed by atoms with Gasteiger partial charge >= 0.3 is 5.97 Å². The van der Waals surface area contributed by atoms with Gasteiger partial charge in [0.15, 0.2) is 0 Å². The number of esters is 1. The molecule has 11 atom stereocenters. The Morgan fingerprint density at radius 2 is 1.81 bits per heavy atom. The Bertz CT molecular complexity index is 645. The minimum atomic E-state index is -1.54. The molecule has 1 saturated carbocycles. The van der Waals surface area contributed by atoms with E-state index in [2.05, 4.69) is 6.08 Å². The van der Waals surface area contributed by atoms with Crippen molar-refractivity contribution in [2.45, 2.75) is 98.9 Å². The van der Waals surface area contributed by atoms with E-state index >= 15 is 0 Å². The number of ether oxygens (including phenoxy) is 2. The van der Waals surface area contributed by atoms with Gasteiger partial charge in [0.2, 0.25) is 0 Å². The van der Waals surface area contributed by atoms with Gasteiger partial charge in [0.05, 0.1) is 31.3 Å². The molecule has 184 valence electrons. The third kappa shape index (κ3) is 6.24. The molecule has 2 heterocycles. The summed E-state index contributed by atoms with van der Waals surface area (Å²) in [6.07, 6.45) is -0.182. The summed E-state index contributed by atoms with van der Waals surface area (Å²) in [6.45, 7) is 1.26. The van der Waals surface area contributed by atoms with Crippen LogP contribution in [0.2, 0.25) is 0 Å². The van der Waals surface area contributed by atoms with E-state index in [9.17, 15) is 35.4 Å². The van der Waals surface area contributed by atoms with Crippen LogP contribution in [0.4, 0.5) is 0 Å². The van der Waals surface area contributed by atoms with Crippen LogP contribution < -0.4 is 0 Å². The fourth-order valence-corrected chi connectivity index (χ4v) is 6.32. The van der Waals surface area contributed by atoms with Crippen LogP contribution in [0.25, 0.3) is 0 Å². The zero-order valence-corrected chi connectivity index (χ0v) is 19.1. The molecule has 32 heavy (non-hydrogen) atoms. The van der Waals surface area contributed by atoms with Crippen LogP contribution in [0.1, 0.15) is 45.4 Å². The van der Waals surface area contributed by atoms with Crippen LogP contribution in [0.3, 0.4) is 0 Å². The first kappa shape index (κ1) is 25.9. The molecule has 0 radical (unpaired) electrons. The molecule has 0 aromatic carbocycles. The molecule has 3 aliphatic rings. The van der Waals surface area contributed by atoms with Crippen molar-refractivity contribution in [1.82, 2.24) is 0 Å². The first-order valence-corrected chi connectivity index (χ1v) is 12.3. The number of aliphatic hydroxyl groups is 6. The van der Waals surface area contributed by atoms with Gasteiger partial charge in [-0.3, -0.25) is 4.79 Å². The number of cyclic esters (lactones) is 1. The summed E-state index contributed by atoms with van der Waals surface area (Å²) in [5, 5.41) is 60.8. The molecule has 6 N–H and O–H groups in total. The number of hydrogen-bond donors (Lipinski definition) is 6. The normalized spacial score (nSPS) is 47.5. The third-order valence-electron chi connectivity index (χ3n) is 6.68. The maximum absolute atomic E-state index is 12.6. The standard InChI is InChI=1S/C22H36O9S/c1-11-5-3-2-4-6-12-7-13(24)8-14(12)18(26)16(9-17(25)30-11)32-22-21(29)20(28)19(27)15(10-23)31-22/h4,6,11-16,18-24,26-29H,2-3,5,7-10H2,1H3/b6-4+/t11-,12+,13-,14+,15?,16-,18-,19?,20?,21?,22?/m0/s1. The van der Waals surface area contributed by atoms with Gasteiger partial charge in [-0.1, -0.05) is 12.2 Å². The Hall–Kier alpha value is -0.720. The van der Waals surface area contributed by atoms with Gasteiger partial charge in [-0.25, -0.2) is 0 Å². The lowest BCUT2D eigenvalue weighted by Gasteiger charge is -2.41. The zero-order valence-electron chi connectivity index (χ0n) is 18.3. The van der Waals surface area contributed by atoms with Crippen LogP contribution in [-0.2, 0) is 14.3 Å². The van der Waals surface area contributed by atoms with E-state index in [1.54, 1.807) is 0 Å². The highest BCUT2D eigenvalue weighted by molar-refractivity contribution is 8.00. The minimum absolute atomic E-state index is 0.0490. The third-order valence-corrected chi connectivity index (χ3v) is 8.13. The van der Waals surface area contributed by atoms with Crippen molar-refractivity contribution in [3.63, 3.8) is 0 Å². The number of allylic oxidation sites excluding steroid dienone is 2. The molecule has 10 heteroatoms. The first-order valence-electron chi connectivity index (χ1n) is 11.4. The highest BCUT2D eigenvalue weighted by atomic mass is 32.2. The lowest BCUT2D eigenvalue weighted by atomic mass is 9.87. The molecule has 1 aliphatic carbocycles. The fourth-order valence-electron chi connectivity index (χ4n) is 4.86. The molecule has 2 fully saturated rings. The molecule has 2 aliphatic heterocycles. The molecule has 0 aromatic heterocycles. The van der Waals surface area contributed by atoms with Gasteiger partial charge in [0, 0.05) is 5.25 Å². The number of carbonyl (C=O) groups excluding carboxylic acids is 1. The topological polar surface area (TPSA) is 157 Å². The molecular weight excluding hydrogens is 440 g/mol. The monoisotopic (exact) mass is 476 g/mol. The number of carbonyl (C=O) groups is 1. The maximum Gasteiger partial charge on any atom is 0.307 e. The lowest BCUT2D eigenvalue weighted by Crippen LogP contribution is -2.58. The molecule has 1 saturated heterocycles. The van der Waals surface area contributed by atoms with Crippen LogP contribution >= 0.6 is 11.8 Å². The highest BCUT2D eigenvalue weighted by Gasteiger charge is 2.47. The summed E-state index contributed by atoms with van der Waals surface area (Å²) in [4.78, 5) is 12.6. The van der Waals surface area contributed by atoms with Crippen LogP contribution in [-0.4, -0.2) is 96.6 Å². The fraction of sp³-hybridized carbons (Fsp3) is 0.864. The summed E-state index contributed by atoms with van der Waals surface area (Å²) in [6, 6.07) is 0. The second-order valence-corrected chi connectivity index (χ2v) is 10.5. The van der Waals surface area contributed by atoms with Crippen molar-refractivity contribution in [1.29, 1.82) is 0 Å². The Labute approximate surface area is 192 Å². The molecular formula is C22H36O9S. The van der Waals surface area contributed by atoms with Gasteiger partial charge in [0.1, 0.15) is 29.9 Å². The number of aliphatic hydroxyl groups excluding tert-OH is 6. The second-order valence-electron chi connectivity index (χ2n) is 9.18. The molecule has 0 bridgehead atoms. The van der Waals surface area contributed by atoms with E-state index in [0.29, 0.717) is 19.3 Å². The summed E-state index contributed by atoms with van der Waals surface area (Å²) in [7, 11) is 0. The Kier molecular flexibility index (Phi) is 9.40. The highest BCUT2D eigenvalue weighted by Crippen LogP contribution is 2.42. The van der Waals surface area contributed by atoms with Crippen molar-refractivity contribution < 1.29 is 44.9 Å². The SMILES string of the molecule is C[C@H]1CCC/C=C/[C@@H]2C[C@H](O)C[C@H]2[C@H](O)[C@@H](SC2OC(CO)C(O)C(O)C2O)CC(=O)O1. The van der Waals surface area contributed by atoms with E-state index in [0.717, 1.165) is 24.6 Å². The number of thioether (sulfide) groups is 1. The van der Waals surface area contributed by atoms with E-state index in [4.69, 9.17) is 9.47 Å². The zero-order chi connectivity index (χ0) is 23.4.